The van der Waals surface area contributed by atoms with Gasteiger partial charge in [-0.2, -0.15) is 0 Å². The zero-order chi connectivity index (χ0) is 13.8. The van der Waals surface area contributed by atoms with Crippen molar-refractivity contribution in [3.8, 4) is 0 Å². The second-order valence-corrected chi connectivity index (χ2v) is 5.31. The number of oxime groups is 1. The van der Waals surface area contributed by atoms with E-state index in [1.807, 2.05) is 12.1 Å². The molecule has 2 N–H and O–H groups in total. The number of nitrogens with one attached hydrogen (secondary N) is 2. The monoisotopic (exact) mass is 274 g/mol. The van der Waals surface area contributed by atoms with Crippen molar-refractivity contribution in [2.24, 2.45) is 5.16 Å². The Morgan fingerprint density at radius 3 is 3.25 bits per heavy atom. The number of hydrogen-bond acceptors (Lipinski definition) is 5. The Kier molecular flexibility index (Phi) is 3.64. The lowest BCUT2D eigenvalue weighted by molar-refractivity contribution is -0.115. The number of carbonyl (C=O) groups excluding carboxylic acids is 1. The third-order valence-electron chi connectivity index (χ3n) is 3.71. The average Bonchev–Trinajstić information content (AvgIpc) is 2.90. The maximum atomic E-state index is 12.1. The number of rotatable bonds is 3. The van der Waals surface area contributed by atoms with Gasteiger partial charge in [0.2, 0.25) is 0 Å². The van der Waals surface area contributed by atoms with E-state index in [0.29, 0.717) is 18.7 Å². The van der Waals surface area contributed by atoms with Crippen LogP contribution in [0.4, 0.5) is 0 Å². The molecule has 1 aromatic rings. The van der Waals surface area contributed by atoms with E-state index >= 15 is 0 Å². The molecule has 0 unspecified atom stereocenters. The predicted molar refractivity (Wildman–Crippen MR) is 74.1 cm³/mol. The Bertz CT molecular complexity index is 509. The molecule has 1 saturated heterocycles. The van der Waals surface area contributed by atoms with E-state index in [-0.39, 0.29) is 11.5 Å². The van der Waals surface area contributed by atoms with Gasteiger partial charge in [-0.3, -0.25) is 9.78 Å². The Hall–Kier alpha value is -1.95. The second-order valence-electron chi connectivity index (χ2n) is 5.31. The summed E-state index contributed by atoms with van der Waals surface area (Å²) in [5.41, 5.74) is 1.14. The molecular formula is C14H18N4O2. The summed E-state index contributed by atoms with van der Waals surface area (Å²) in [6.07, 6.45) is 6.03. The quantitative estimate of drug-likeness (QED) is 0.846. The Labute approximate surface area is 117 Å². The molecule has 1 fully saturated rings. The van der Waals surface area contributed by atoms with Gasteiger partial charge in [0.15, 0.2) is 5.60 Å². The normalized spacial score (nSPS) is 25.1. The van der Waals surface area contributed by atoms with Gasteiger partial charge in [0.25, 0.3) is 5.91 Å². The van der Waals surface area contributed by atoms with Crippen molar-refractivity contribution >= 4 is 11.6 Å². The number of aromatic nitrogens is 1. The molecule has 2 aliphatic heterocycles. The molecule has 1 spiro atoms. The molecule has 6 heteroatoms. The van der Waals surface area contributed by atoms with Crippen molar-refractivity contribution in [1.29, 1.82) is 0 Å². The summed E-state index contributed by atoms with van der Waals surface area (Å²) >= 11 is 0. The topological polar surface area (TPSA) is 75.6 Å². The SMILES string of the molecule is O=C(NCc1cccnc1)C1=NO[C@@]2(CCCNC2)C1. The van der Waals surface area contributed by atoms with E-state index < -0.39 is 0 Å². The maximum absolute atomic E-state index is 12.1. The largest absolute Gasteiger partial charge is 0.387 e. The summed E-state index contributed by atoms with van der Waals surface area (Å²) in [5, 5.41) is 10.1. The summed E-state index contributed by atoms with van der Waals surface area (Å²) in [5.74, 6) is -0.156. The number of carbonyl (C=O) groups is 1. The fraction of sp³-hybridized carbons (Fsp3) is 0.500. The second kappa shape index (κ2) is 5.58. The third-order valence-corrected chi connectivity index (χ3v) is 3.71. The minimum absolute atomic E-state index is 0.156. The van der Waals surface area contributed by atoms with Crippen molar-refractivity contribution in [1.82, 2.24) is 15.6 Å². The number of nitrogens with zero attached hydrogens (tertiary/aromatic N) is 2. The fourth-order valence-electron chi connectivity index (χ4n) is 2.60. The first-order valence-electron chi connectivity index (χ1n) is 6.90. The van der Waals surface area contributed by atoms with Crippen LogP contribution in [0.1, 0.15) is 24.8 Å². The van der Waals surface area contributed by atoms with Crippen LogP contribution < -0.4 is 10.6 Å². The summed E-state index contributed by atoms with van der Waals surface area (Å²) in [7, 11) is 0. The zero-order valence-electron chi connectivity index (χ0n) is 11.3. The standard InChI is InChI=1S/C14H18N4O2/c19-13(17-9-11-3-1-5-15-8-11)12-7-14(20-18-12)4-2-6-16-10-14/h1,3,5,8,16H,2,4,6-7,9-10H2,(H,17,19)/t14-/m0/s1. The number of pyridine rings is 1. The van der Waals surface area contributed by atoms with Crippen LogP contribution in [0.15, 0.2) is 29.7 Å². The number of amides is 1. The van der Waals surface area contributed by atoms with Crippen LogP contribution in [0.5, 0.6) is 0 Å². The van der Waals surface area contributed by atoms with E-state index in [4.69, 9.17) is 4.84 Å². The molecule has 1 amide bonds. The van der Waals surface area contributed by atoms with Crippen molar-refractivity contribution in [3.63, 3.8) is 0 Å². The zero-order valence-corrected chi connectivity index (χ0v) is 11.3. The summed E-state index contributed by atoms with van der Waals surface area (Å²) in [6.45, 7) is 2.22. The fourth-order valence-corrected chi connectivity index (χ4v) is 2.60. The van der Waals surface area contributed by atoms with E-state index in [1.54, 1.807) is 12.4 Å². The summed E-state index contributed by atoms with van der Waals surface area (Å²) in [6, 6.07) is 3.77. The smallest absolute Gasteiger partial charge is 0.269 e. The molecule has 1 aromatic heterocycles. The first-order valence-corrected chi connectivity index (χ1v) is 6.90. The van der Waals surface area contributed by atoms with Gasteiger partial charge < -0.3 is 15.5 Å². The van der Waals surface area contributed by atoms with Gasteiger partial charge >= 0.3 is 0 Å². The molecular weight excluding hydrogens is 256 g/mol. The lowest BCUT2D eigenvalue weighted by Gasteiger charge is -2.30. The van der Waals surface area contributed by atoms with Gasteiger partial charge in [0.05, 0.1) is 0 Å². The van der Waals surface area contributed by atoms with E-state index in [9.17, 15) is 4.79 Å². The van der Waals surface area contributed by atoms with Crippen LogP contribution >= 0.6 is 0 Å². The van der Waals surface area contributed by atoms with Crippen molar-refractivity contribution in [2.45, 2.75) is 31.4 Å². The molecule has 2 aliphatic rings. The minimum Gasteiger partial charge on any atom is -0.387 e. The van der Waals surface area contributed by atoms with Gasteiger partial charge in [0.1, 0.15) is 5.71 Å². The Balaban J connectivity index is 1.53. The summed E-state index contributed by atoms with van der Waals surface area (Å²) < 4.78 is 0. The first-order chi connectivity index (χ1) is 9.77. The highest BCUT2D eigenvalue weighted by Crippen LogP contribution is 2.30. The molecule has 6 nitrogen and oxygen atoms in total. The van der Waals surface area contributed by atoms with Crippen LogP contribution in [0, 0.1) is 0 Å². The Morgan fingerprint density at radius 1 is 1.55 bits per heavy atom. The van der Waals surface area contributed by atoms with E-state index in [1.165, 1.54) is 0 Å². The Morgan fingerprint density at radius 2 is 2.50 bits per heavy atom. The van der Waals surface area contributed by atoms with Crippen LogP contribution in [0.25, 0.3) is 0 Å². The van der Waals surface area contributed by atoms with Gasteiger partial charge in [-0.15, -0.1) is 0 Å². The number of hydrogen-bond donors (Lipinski definition) is 2. The van der Waals surface area contributed by atoms with Crippen LogP contribution in [0.3, 0.4) is 0 Å². The molecule has 106 valence electrons. The van der Waals surface area contributed by atoms with Gasteiger partial charge in [-0.25, -0.2) is 0 Å². The lowest BCUT2D eigenvalue weighted by Crippen LogP contribution is -2.46. The first kappa shape index (κ1) is 13.1. The number of piperidine rings is 1. The molecule has 3 heterocycles. The van der Waals surface area contributed by atoms with Gasteiger partial charge in [0, 0.05) is 31.9 Å². The molecule has 0 bridgehead atoms. The highest BCUT2D eigenvalue weighted by Gasteiger charge is 2.42. The van der Waals surface area contributed by atoms with Crippen molar-refractivity contribution in [3.05, 3.63) is 30.1 Å². The lowest BCUT2D eigenvalue weighted by atomic mass is 9.89. The molecule has 0 aliphatic carbocycles. The molecule has 0 aromatic carbocycles. The van der Waals surface area contributed by atoms with Crippen LogP contribution in [0.2, 0.25) is 0 Å². The van der Waals surface area contributed by atoms with Gasteiger partial charge in [-0.05, 0) is 31.0 Å². The van der Waals surface area contributed by atoms with Gasteiger partial charge in [-0.1, -0.05) is 11.2 Å². The van der Waals surface area contributed by atoms with Crippen molar-refractivity contribution < 1.29 is 9.63 Å². The average molecular weight is 274 g/mol. The van der Waals surface area contributed by atoms with E-state index in [0.717, 1.165) is 31.5 Å². The van der Waals surface area contributed by atoms with Crippen LogP contribution in [-0.2, 0) is 16.2 Å². The highest BCUT2D eigenvalue weighted by molar-refractivity contribution is 6.39. The molecule has 3 rings (SSSR count). The van der Waals surface area contributed by atoms with Crippen LogP contribution in [-0.4, -0.2) is 35.3 Å². The third kappa shape index (κ3) is 2.80. The molecule has 20 heavy (non-hydrogen) atoms. The highest BCUT2D eigenvalue weighted by atomic mass is 16.7. The van der Waals surface area contributed by atoms with E-state index in [2.05, 4.69) is 20.8 Å². The summed E-state index contributed by atoms with van der Waals surface area (Å²) in [4.78, 5) is 21.6. The predicted octanol–water partition coefficient (Wildman–Crippen LogP) is 0.596. The molecule has 0 radical (unpaired) electrons. The van der Waals surface area contributed by atoms with Crippen molar-refractivity contribution in [2.75, 3.05) is 13.1 Å². The molecule has 0 saturated carbocycles. The minimum atomic E-state index is -0.306. The maximum Gasteiger partial charge on any atom is 0.269 e. The molecule has 1 atom stereocenters.